The molecule has 0 aliphatic rings. The first kappa shape index (κ1) is 22.3. The Balaban J connectivity index is 0.000000515. The van der Waals surface area contributed by atoms with Crippen molar-refractivity contribution < 1.29 is 26.1 Å². The van der Waals surface area contributed by atoms with Crippen LogP contribution in [0.3, 0.4) is 0 Å². The molecular weight excluding hydrogens is 349 g/mol. The number of aryl methyl sites for hydroxylation is 1. The molecular formula is C15H23F3O3S2. The lowest BCUT2D eigenvalue weighted by molar-refractivity contribution is -0.0517. The van der Waals surface area contributed by atoms with Crippen molar-refractivity contribution in [3.8, 4) is 0 Å². The van der Waals surface area contributed by atoms with Crippen molar-refractivity contribution in [2.24, 2.45) is 0 Å². The Hall–Kier alpha value is -0.730. The minimum atomic E-state index is -6.09. The molecule has 23 heavy (non-hydrogen) atoms. The van der Waals surface area contributed by atoms with Gasteiger partial charge in [-0.2, -0.15) is 13.2 Å². The molecule has 0 bridgehead atoms. The zero-order valence-electron chi connectivity index (χ0n) is 14.3. The Morgan fingerprint density at radius 3 is 1.35 bits per heavy atom. The van der Waals surface area contributed by atoms with Gasteiger partial charge < -0.3 is 4.55 Å². The number of hydrogen-bond acceptors (Lipinski definition) is 3. The molecule has 0 fully saturated rings. The van der Waals surface area contributed by atoms with Crippen molar-refractivity contribution >= 4 is 21.5 Å². The molecule has 0 aliphatic heterocycles. The molecule has 8 heteroatoms. The fraction of sp³-hybridized carbons (Fsp3) is 0.667. The van der Waals surface area contributed by atoms with Gasteiger partial charge in [-0.1, -0.05) is 41.5 Å². The molecule has 1 rings (SSSR count). The molecule has 0 aliphatic carbocycles. The Morgan fingerprint density at radius 2 is 1.17 bits per heavy atom. The van der Waals surface area contributed by atoms with E-state index in [-0.39, 0.29) is 10.8 Å². The first-order valence-corrected chi connectivity index (χ1v) is 9.06. The van der Waals surface area contributed by atoms with Gasteiger partial charge in [0.2, 0.25) is 21.1 Å². The highest BCUT2D eigenvalue weighted by molar-refractivity contribution is 7.86. The van der Waals surface area contributed by atoms with Gasteiger partial charge in [-0.3, -0.25) is 0 Å². The standard InChI is InChI=1S/C14H23S.CHF3O3S/c1-10-8-11(13(2,3)4)15-12(9-10)14(5,6)7;2-1(3,4)8(5,6)7/h8-9H,1-7H3;(H,5,6,7)/q+1;/p-1. The van der Waals surface area contributed by atoms with Gasteiger partial charge in [0.15, 0.2) is 10.1 Å². The maximum atomic E-state index is 10.7. The lowest BCUT2D eigenvalue weighted by Gasteiger charge is -2.15. The highest BCUT2D eigenvalue weighted by Crippen LogP contribution is 2.34. The average Bonchev–Trinajstić information content (AvgIpc) is 2.23. The van der Waals surface area contributed by atoms with Crippen LogP contribution in [0.15, 0.2) is 12.1 Å². The fourth-order valence-corrected chi connectivity index (χ4v) is 2.71. The number of alkyl halides is 3. The van der Waals surface area contributed by atoms with Crippen LogP contribution in [0.25, 0.3) is 0 Å². The molecule has 0 spiro atoms. The summed E-state index contributed by atoms with van der Waals surface area (Å²) in [4.78, 5) is 2.96. The van der Waals surface area contributed by atoms with Crippen LogP contribution in [0.1, 0.15) is 56.9 Å². The topological polar surface area (TPSA) is 57.2 Å². The molecule has 0 amide bonds. The summed E-state index contributed by atoms with van der Waals surface area (Å²) in [5.74, 6) is 0. The first-order chi connectivity index (χ1) is 9.85. The fourth-order valence-electron chi connectivity index (χ4n) is 1.37. The Labute approximate surface area is 140 Å². The predicted octanol–water partition coefficient (Wildman–Crippen LogP) is 4.98. The quantitative estimate of drug-likeness (QED) is 0.366. The van der Waals surface area contributed by atoms with Gasteiger partial charge in [0.1, 0.15) is 0 Å². The number of halogens is 3. The molecule has 1 aromatic rings. The Kier molecular flexibility index (Phi) is 6.80. The van der Waals surface area contributed by atoms with E-state index in [9.17, 15) is 13.2 Å². The number of hydrogen-bond donors (Lipinski definition) is 0. The lowest BCUT2D eigenvalue weighted by atomic mass is 9.92. The van der Waals surface area contributed by atoms with E-state index in [1.54, 1.807) is 0 Å². The van der Waals surface area contributed by atoms with E-state index in [1.807, 2.05) is 11.3 Å². The molecule has 0 aromatic carbocycles. The van der Waals surface area contributed by atoms with Crippen LogP contribution in [0.2, 0.25) is 0 Å². The normalized spacial score (nSPS) is 13.3. The van der Waals surface area contributed by atoms with E-state index < -0.39 is 15.6 Å². The molecule has 134 valence electrons. The van der Waals surface area contributed by atoms with Crippen LogP contribution >= 0.6 is 11.3 Å². The molecule has 0 radical (unpaired) electrons. The van der Waals surface area contributed by atoms with Gasteiger partial charge in [-0.05, 0) is 12.5 Å². The zero-order chi connectivity index (χ0) is 18.9. The Bertz CT molecular complexity index is 605. The van der Waals surface area contributed by atoms with Crippen LogP contribution in [0, 0.1) is 6.92 Å². The second-order valence-electron chi connectivity index (χ2n) is 7.26. The average molecular weight is 372 g/mol. The minimum absolute atomic E-state index is 0.261. The van der Waals surface area contributed by atoms with Gasteiger partial charge in [0.05, 0.1) is 0 Å². The van der Waals surface area contributed by atoms with Crippen LogP contribution in [0.5, 0.6) is 0 Å². The predicted molar refractivity (Wildman–Crippen MR) is 86.6 cm³/mol. The van der Waals surface area contributed by atoms with Crippen molar-refractivity contribution in [2.45, 2.75) is 64.8 Å². The summed E-state index contributed by atoms with van der Waals surface area (Å²) in [5.41, 5.74) is -3.75. The third-order valence-electron chi connectivity index (χ3n) is 2.70. The molecule has 0 saturated heterocycles. The minimum Gasteiger partial charge on any atom is -0.741 e. The van der Waals surface area contributed by atoms with E-state index in [4.69, 9.17) is 13.0 Å². The number of rotatable bonds is 0. The van der Waals surface area contributed by atoms with Crippen LogP contribution in [-0.2, 0) is 20.9 Å². The van der Waals surface area contributed by atoms with Gasteiger partial charge in [-0.15, -0.1) is 0 Å². The van der Waals surface area contributed by atoms with E-state index in [2.05, 4.69) is 60.6 Å². The van der Waals surface area contributed by atoms with Gasteiger partial charge in [0, 0.05) is 23.0 Å². The summed E-state index contributed by atoms with van der Waals surface area (Å²) in [6.07, 6.45) is 0. The summed E-state index contributed by atoms with van der Waals surface area (Å²) in [7, 11) is -6.09. The van der Waals surface area contributed by atoms with Crippen molar-refractivity contribution in [2.75, 3.05) is 0 Å². The first-order valence-electron chi connectivity index (χ1n) is 6.83. The van der Waals surface area contributed by atoms with E-state index in [0.29, 0.717) is 0 Å². The molecule has 0 atom stereocenters. The van der Waals surface area contributed by atoms with Crippen LogP contribution in [-0.4, -0.2) is 18.5 Å². The zero-order valence-corrected chi connectivity index (χ0v) is 16.0. The SMILES string of the molecule is Cc1cc(C(C)(C)C)[s+]c(C(C)(C)C)c1.O=S(=O)([O-])C(F)(F)F. The van der Waals surface area contributed by atoms with Crippen molar-refractivity contribution in [3.05, 3.63) is 27.5 Å². The van der Waals surface area contributed by atoms with Crippen molar-refractivity contribution in [1.82, 2.24) is 0 Å². The molecule has 0 saturated carbocycles. The molecule has 0 unspecified atom stereocenters. The third-order valence-corrected chi connectivity index (χ3v) is 5.17. The maximum Gasteiger partial charge on any atom is 0.485 e. The molecule has 1 aromatic heterocycles. The third kappa shape index (κ3) is 7.58. The summed E-state index contributed by atoms with van der Waals surface area (Å²) in [6, 6.07) is 4.64. The largest absolute Gasteiger partial charge is 0.741 e. The smallest absolute Gasteiger partial charge is 0.485 e. The van der Waals surface area contributed by atoms with Crippen LogP contribution in [0.4, 0.5) is 13.2 Å². The second kappa shape index (κ2) is 7.03. The van der Waals surface area contributed by atoms with Gasteiger partial charge >= 0.3 is 5.51 Å². The van der Waals surface area contributed by atoms with E-state index >= 15 is 0 Å². The maximum absolute atomic E-state index is 10.7. The van der Waals surface area contributed by atoms with E-state index in [1.165, 1.54) is 15.3 Å². The monoisotopic (exact) mass is 372 g/mol. The van der Waals surface area contributed by atoms with E-state index in [0.717, 1.165) is 0 Å². The highest BCUT2D eigenvalue weighted by atomic mass is 32.2. The lowest BCUT2D eigenvalue weighted by Crippen LogP contribution is -2.21. The second-order valence-corrected chi connectivity index (χ2v) is 9.72. The van der Waals surface area contributed by atoms with Gasteiger partial charge in [-0.25, -0.2) is 8.42 Å². The van der Waals surface area contributed by atoms with Crippen molar-refractivity contribution in [3.63, 3.8) is 0 Å². The summed E-state index contributed by atoms with van der Waals surface area (Å²) in [5, 5.41) is 0. The van der Waals surface area contributed by atoms with Crippen molar-refractivity contribution in [1.29, 1.82) is 0 Å². The van der Waals surface area contributed by atoms with Gasteiger partial charge in [0.25, 0.3) is 0 Å². The summed E-state index contributed by atoms with van der Waals surface area (Å²) in [6.45, 7) is 15.9. The summed E-state index contributed by atoms with van der Waals surface area (Å²) < 4.78 is 58.9. The summed E-state index contributed by atoms with van der Waals surface area (Å²) >= 11 is 1.95. The highest BCUT2D eigenvalue weighted by Gasteiger charge is 2.37. The Morgan fingerprint density at radius 1 is 0.913 bits per heavy atom. The van der Waals surface area contributed by atoms with Crippen LogP contribution < -0.4 is 0 Å². The molecule has 1 heterocycles. The molecule has 0 N–H and O–H groups in total. The molecule has 3 nitrogen and oxygen atoms in total.